The lowest BCUT2D eigenvalue weighted by Gasteiger charge is -2.11. The molecule has 1 amide bonds. The number of imidazole rings is 2. The molecule has 250 valence electrons. The number of hydrogen-bond acceptors (Lipinski definition) is 8. The van der Waals surface area contributed by atoms with Crippen LogP contribution in [0.3, 0.4) is 0 Å². The first-order valence-corrected chi connectivity index (χ1v) is 16.6. The highest BCUT2D eigenvalue weighted by molar-refractivity contribution is 6.01. The third kappa shape index (κ3) is 6.36. The average molecular weight is 657 g/mol. The predicted molar refractivity (Wildman–Crippen MR) is 189 cm³/mol. The SMILES string of the molecule is CC(=O)Nc1cc(-c2c(C)noc2C)cc2c1nc(C)n2Cc1ccccc1.Cc1noc(C)c1-c1cnc2nc(C)n(CC3CC3)c2c1. The number of amides is 1. The van der Waals surface area contributed by atoms with Gasteiger partial charge in [-0.2, -0.15) is 0 Å². The molecule has 0 spiro atoms. The molecular formula is C38H40N8O3. The van der Waals surface area contributed by atoms with E-state index in [0.717, 1.165) is 91.5 Å². The van der Waals surface area contributed by atoms with Gasteiger partial charge in [0.05, 0.1) is 28.1 Å². The molecule has 0 bridgehead atoms. The normalized spacial score (nSPS) is 12.8. The van der Waals surface area contributed by atoms with E-state index >= 15 is 0 Å². The number of benzene rings is 2. The van der Waals surface area contributed by atoms with Crippen molar-refractivity contribution in [3.05, 3.63) is 94.8 Å². The molecule has 1 aliphatic carbocycles. The van der Waals surface area contributed by atoms with Crippen LogP contribution in [0.1, 0.15) is 59.9 Å². The number of nitrogens with zero attached hydrogens (tertiary/aromatic N) is 7. The summed E-state index contributed by atoms with van der Waals surface area (Å²) in [7, 11) is 0. The first-order chi connectivity index (χ1) is 23.6. The van der Waals surface area contributed by atoms with Crippen LogP contribution in [0.2, 0.25) is 0 Å². The quantitative estimate of drug-likeness (QED) is 0.182. The molecule has 11 heteroatoms. The number of fused-ring (bicyclic) bond motifs is 2. The topological polar surface area (TPSA) is 130 Å². The largest absolute Gasteiger partial charge is 0.361 e. The zero-order chi connectivity index (χ0) is 34.4. The predicted octanol–water partition coefficient (Wildman–Crippen LogP) is 8.04. The Morgan fingerprint density at radius 1 is 0.816 bits per heavy atom. The highest BCUT2D eigenvalue weighted by Gasteiger charge is 2.24. The number of nitrogens with one attached hydrogen (secondary N) is 1. The Bertz CT molecular complexity index is 2280. The van der Waals surface area contributed by atoms with Crippen LogP contribution < -0.4 is 5.32 Å². The summed E-state index contributed by atoms with van der Waals surface area (Å²) in [6.45, 7) is 15.0. The maximum absolute atomic E-state index is 11.8. The molecule has 5 aromatic heterocycles. The lowest BCUT2D eigenvalue weighted by Crippen LogP contribution is -2.07. The van der Waals surface area contributed by atoms with Crippen LogP contribution in [0.5, 0.6) is 0 Å². The van der Waals surface area contributed by atoms with Crippen LogP contribution in [0, 0.1) is 47.5 Å². The van der Waals surface area contributed by atoms with Gasteiger partial charge >= 0.3 is 0 Å². The highest BCUT2D eigenvalue weighted by atomic mass is 16.5. The van der Waals surface area contributed by atoms with Crippen molar-refractivity contribution in [3.63, 3.8) is 0 Å². The van der Waals surface area contributed by atoms with Crippen LogP contribution in [0.4, 0.5) is 5.69 Å². The van der Waals surface area contributed by atoms with Gasteiger partial charge in [-0.05, 0) is 89.6 Å². The van der Waals surface area contributed by atoms with Gasteiger partial charge in [-0.15, -0.1) is 0 Å². The fourth-order valence-corrected chi connectivity index (χ4v) is 6.57. The minimum Gasteiger partial charge on any atom is -0.361 e. The van der Waals surface area contributed by atoms with Crippen LogP contribution in [0.15, 0.2) is 63.8 Å². The molecule has 1 aliphatic rings. The zero-order valence-corrected chi connectivity index (χ0v) is 29.0. The maximum atomic E-state index is 11.8. The minimum atomic E-state index is -0.132. The molecule has 0 unspecified atom stereocenters. The van der Waals surface area contributed by atoms with E-state index in [1.54, 1.807) is 0 Å². The first-order valence-electron chi connectivity index (χ1n) is 16.6. The molecule has 1 saturated carbocycles. The van der Waals surface area contributed by atoms with Gasteiger partial charge in [0, 0.05) is 42.9 Å². The third-order valence-corrected chi connectivity index (χ3v) is 9.12. The molecule has 0 radical (unpaired) electrons. The number of aryl methyl sites for hydroxylation is 6. The molecule has 7 aromatic rings. The molecule has 5 heterocycles. The summed E-state index contributed by atoms with van der Waals surface area (Å²) in [5.74, 6) is 4.19. The number of rotatable bonds is 7. The van der Waals surface area contributed by atoms with E-state index in [4.69, 9.17) is 14.0 Å². The number of aromatic nitrogens is 7. The molecular weight excluding hydrogens is 616 g/mol. The van der Waals surface area contributed by atoms with Crippen molar-refractivity contribution in [3.8, 4) is 22.3 Å². The lowest BCUT2D eigenvalue weighted by atomic mass is 10.0. The van der Waals surface area contributed by atoms with Crippen molar-refractivity contribution < 1.29 is 13.8 Å². The van der Waals surface area contributed by atoms with Gasteiger partial charge in [-0.1, -0.05) is 40.6 Å². The summed E-state index contributed by atoms with van der Waals surface area (Å²) in [5.41, 5.74) is 11.2. The van der Waals surface area contributed by atoms with Gasteiger partial charge in [-0.3, -0.25) is 4.79 Å². The van der Waals surface area contributed by atoms with E-state index in [1.807, 2.05) is 65.1 Å². The molecule has 0 atom stereocenters. The second-order valence-electron chi connectivity index (χ2n) is 13.0. The Morgan fingerprint density at radius 2 is 1.45 bits per heavy atom. The first kappa shape index (κ1) is 32.0. The highest BCUT2D eigenvalue weighted by Crippen LogP contribution is 2.36. The van der Waals surface area contributed by atoms with E-state index in [9.17, 15) is 4.79 Å². The van der Waals surface area contributed by atoms with Gasteiger partial charge < -0.3 is 23.5 Å². The Labute approximate surface area is 284 Å². The van der Waals surface area contributed by atoms with Gasteiger partial charge in [0.15, 0.2) is 5.65 Å². The second kappa shape index (κ2) is 12.8. The van der Waals surface area contributed by atoms with Gasteiger partial charge in [0.1, 0.15) is 28.7 Å². The summed E-state index contributed by atoms with van der Waals surface area (Å²) in [4.78, 5) is 25.6. The summed E-state index contributed by atoms with van der Waals surface area (Å²) < 4.78 is 15.1. The Hall–Kier alpha value is -5.58. The number of hydrogen-bond donors (Lipinski definition) is 1. The van der Waals surface area contributed by atoms with Crippen LogP contribution in [-0.2, 0) is 17.9 Å². The molecule has 8 rings (SSSR count). The van der Waals surface area contributed by atoms with E-state index in [-0.39, 0.29) is 5.91 Å². The van der Waals surface area contributed by atoms with Gasteiger partial charge in [0.2, 0.25) is 5.91 Å². The van der Waals surface area contributed by atoms with E-state index in [1.165, 1.54) is 25.3 Å². The summed E-state index contributed by atoms with van der Waals surface area (Å²) in [6, 6.07) is 16.5. The molecule has 0 aliphatic heterocycles. The fraction of sp³-hybridized carbons (Fsp3) is 0.316. The number of pyridine rings is 1. The monoisotopic (exact) mass is 656 g/mol. The molecule has 1 N–H and O–H groups in total. The lowest BCUT2D eigenvalue weighted by molar-refractivity contribution is -0.114. The molecule has 11 nitrogen and oxygen atoms in total. The van der Waals surface area contributed by atoms with E-state index in [2.05, 4.69) is 65.9 Å². The van der Waals surface area contributed by atoms with Crippen molar-refractivity contribution in [2.24, 2.45) is 5.92 Å². The second-order valence-corrected chi connectivity index (χ2v) is 13.0. The average Bonchev–Trinajstić information content (AvgIpc) is 3.50. The summed E-state index contributed by atoms with van der Waals surface area (Å²) in [6.07, 6.45) is 4.52. The van der Waals surface area contributed by atoms with Crippen molar-refractivity contribution in [2.45, 2.75) is 74.4 Å². The van der Waals surface area contributed by atoms with Crippen LogP contribution in [-0.4, -0.2) is 40.3 Å². The smallest absolute Gasteiger partial charge is 0.221 e. The molecule has 0 saturated heterocycles. The third-order valence-electron chi connectivity index (χ3n) is 9.12. The summed E-state index contributed by atoms with van der Waals surface area (Å²) >= 11 is 0. The van der Waals surface area contributed by atoms with Crippen molar-refractivity contribution >= 4 is 33.8 Å². The Morgan fingerprint density at radius 3 is 2.06 bits per heavy atom. The Kier molecular flexibility index (Phi) is 8.35. The van der Waals surface area contributed by atoms with Gasteiger partial charge in [-0.25, -0.2) is 15.0 Å². The van der Waals surface area contributed by atoms with Crippen molar-refractivity contribution in [1.29, 1.82) is 0 Å². The van der Waals surface area contributed by atoms with Gasteiger partial charge in [0.25, 0.3) is 0 Å². The standard InChI is InChI=1S/C22H22N4O2.C16H18N4O/c1-13-21(14(2)28-25-13)18-10-19(24-16(4)27)22-20(11-18)26(15(3)23-22)12-17-8-6-5-7-9-17;1-9-15(10(2)21-19-9)13-6-14-16(17-7-13)18-11(3)20(14)8-12-4-5-12/h5-11H,12H2,1-4H3,(H,24,27);6-7,12H,4-5,8H2,1-3H3. The van der Waals surface area contributed by atoms with E-state index in [0.29, 0.717) is 12.2 Å². The summed E-state index contributed by atoms with van der Waals surface area (Å²) in [5, 5.41) is 11.0. The minimum absolute atomic E-state index is 0.132. The number of carbonyl (C=O) groups excluding carboxylic acids is 1. The van der Waals surface area contributed by atoms with Crippen LogP contribution >= 0.6 is 0 Å². The number of carbonyl (C=O) groups is 1. The maximum Gasteiger partial charge on any atom is 0.221 e. The van der Waals surface area contributed by atoms with Crippen LogP contribution in [0.25, 0.3) is 44.5 Å². The Balaban J connectivity index is 0.000000160. The molecule has 49 heavy (non-hydrogen) atoms. The van der Waals surface area contributed by atoms with Crippen molar-refractivity contribution in [1.82, 2.24) is 34.4 Å². The zero-order valence-electron chi connectivity index (χ0n) is 29.0. The molecule has 2 aromatic carbocycles. The fourth-order valence-electron chi connectivity index (χ4n) is 6.57. The number of anilines is 1. The molecule has 1 fully saturated rings. The van der Waals surface area contributed by atoms with E-state index < -0.39 is 0 Å². The van der Waals surface area contributed by atoms with Crippen molar-refractivity contribution in [2.75, 3.05) is 5.32 Å².